The van der Waals surface area contributed by atoms with E-state index in [2.05, 4.69) is 21.9 Å². The second-order valence-corrected chi connectivity index (χ2v) is 8.06. The van der Waals surface area contributed by atoms with Gasteiger partial charge in [0, 0.05) is 11.5 Å². The Balaban J connectivity index is 2.16. The first-order chi connectivity index (χ1) is 12.0. The van der Waals surface area contributed by atoms with Crippen molar-refractivity contribution in [2.75, 3.05) is 23.9 Å². The van der Waals surface area contributed by atoms with Crippen LogP contribution < -0.4 is 0 Å². The van der Waals surface area contributed by atoms with Crippen molar-refractivity contribution in [3.63, 3.8) is 0 Å². The predicted octanol–water partition coefficient (Wildman–Crippen LogP) is 2.35. The molecule has 2 aromatic rings. The maximum atomic E-state index is 12.7. The fourth-order valence-electron chi connectivity index (χ4n) is 2.78. The molecule has 1 aliphatic heterocycles. The van der Waals surface area contributed by atoms with E-state index >= 15 is 0 Å². The zero-order valence-electron chi connectivity index (χ0n) is 13.9. The van der Waals surface area contributed by atoms with Crippen molar-refractivity contribution in [3.05, 3.63) is 11.6 Å². The van der Waals surface area contributed by atoms with Crippen LogP contribution in [0.15, 0.2) is 11.4 Å². The molecule has 0 aromatic carbocycles. The van der Waals surface area contributed by atoms with Crippen LogP contribution in [0.4, 0.5) is 0 Å². The third kappa shape index (κ3) is 3.22. The Labute approximate surface area is 158 Å². The molecule has 0 bridgehead atoms. The minimum absolute atomic E-state index is 0.0898. The van der Waals surface area contributed by atoms with Gasteiger partial charge in [0.05, 0.1) is 19.0 Å². The van der Waals surface area contributed by atoms with Gasteiger partial charge in [-0.25, -0.2) is 14.8 Å². The second-order valence-electron chi connectivity index (χ2n) is 5.61. The number of fused-ring (bicyclic) bond motifs is 1. The van der Waals surface area contributed by atoms with Gasteiger partial charge in [-0.15, -0.1) is 11.8 Å². The summed E-state index contributed by atoms with van der Waals surface area (Å²) in [7, 11) is 0. The average molecular weight is 403 g/mol. The summed E-state index contributed by atoms with van der Waals surface area (Å²) >= 11 is 9.13. The fraction of sp³-hybridized carbons (Fsp3) is 0.600. The summed E-state index contributed by atoms with van der Waals surface area (Å²) in [6.07, 6.45) is 1.61. The molecular weight excluding hydrogens is 384 g/mol. The molecule has 2 atom stereocenters. The van der Waals surface area contributed by atoms with Gasteiger partial charge in [-0.3, -0.25) is 4.57 Å². The van der Waals surface area contributed by atoms with Crippen LogP contribution in [0.5, 0.6) is 0 Å². The topological polar surface area (TPSA) is 90.1 Å². The average Bonchev–Trinajstić information content (AvgIpc) is 3.17. The molecule has 25 heavy (non-hydrogen) atoms. The number of thioether (sulfide) groups is 2. The van der Waals surface area contributed by atoms with E-state index in [1.807, 2.05) is 0 Å². The first-order valence-corrected chi connectivity index (χ1v) is 10.5. The summed E-state index contributed by atoms with van der Waals surface area (Å²) in [5.41, 5.74) is -0.233. The molecular formula is C15H19ClN4O3S2. The fourth-order valence-corrected chi connectivity index (χ4v) is 5.20. The number of ether oxygens (including phenoxy) is 1. The quantitative estimate of drug-likeness (QED) is 0.341. The molecule has 2 unspecified atom stereocenters. The van der Waals surface area contributed by atoms with E-state index in [-0.39, 0.29) is 11.9 Å². The summed E-state index contributed by atoms with van der Waals surface area (Å²) in [6, 6.07) is 0. The van der Waals surface area contributed by atoms with Crippen LogP contribution in [0, 0.1) is 0 Å². The molecule has 10 heteroatoms. The molecule has 1 saturated heterocycles. The summed E-state index contributed by atoms with van der Waals surface area (Å²) in [4.78, 5) is 25.7. The lowest BCUT2D eigenvalue weighted by molar-refractivity contribution is -0.157. The third-order valence-electron chi connectivity index (χ3n) is 3.99. The van der Waals surface area contributed by atoms with Gasteiger partial charge in [-0.1, -0.05) is 6.92 Å². The minimum Gasteiger partial charge on any atom is -0.464 e. The Morgan fingerprint density at radius 2 is 2.36 bits per heavy atom. The zero-order valence-corrected chi connectivity index (χ0v) is 16.3. The lowest BCUT2D eigenvalue weighted by Crippen LogP contribution is -2.51. The Morgan fingerprint density at radius 3 is 3.00 bits per heavy atom. The van der Waals surface area contributed by atoms with Crippen LogP contribution in [-0.4, -0.2) is 60.6 Å². The van der Waals surface area contributed by atoms with Crippen molar-refractivity contribution in [1.29, 1.82) is 0 Å². The molecule has 3 rings (SSSR count). The molecule has 1 fully saturated rings. The monoisotopic (exact) mass is 402 g/mol. The van der Waals surface area contributed by atoms with Crippen LogP contribution in [-0.2, 0) is 15.1 Å². The lowest BCUT2D eigenvalue weighted by atomic mass is 9.95. The molecule has 7 nitrogen and oxygen atoms in total. The van der Waals surface area contributed by atoms with E-state index in [1.165, 1.54) is 18.1 Å². The molecule has 3 heterocycles. The van der Waals surface area contributed by atoms with Gasteiger partial charge in [0.15, 0.2) is 11.2 Å². The Kier molecular flexibility index (Phi) is 5.77. The Morgan fingerprint density at radius 1 is 1.56 bits per heavy atom. The second kappa shape index (κ2) is 7.69. The smallest absolute Gasteiger partial charge is 0.336 e. The molecule has 0 spiro atoms. The zero-order chi connectivity index (χ0) is 18.0. The van der Waals surface area contributed by atoms with E-state index in [0.29, 0.717) is 27.7 Å². The highest BCUT2D eigenvalue weighted by Gasteiger charge is 2.53. The maximum Gasteiger partial charge on any atom is 0.336 e. The van der Waals surface area contributed by atoms with Crippen LogP contribution in [0.2, 0.25) is 5.28 Å². The number of esters is 1. The maximum absolute atomic E-state index is 12.7. The highest BCUT2D eigenvalue weighted by molar-refractivity contribution is 7.99. The molecule has 1 N–H and O–H groups in total. The number of rotatable bonds is 6. The number of aliphatic hydroxyl groups is 1. The molecule has 136 valence electrons. The number of halogens is 1. The van der Waals surface area contributed by atoms with Crippen LogP contribution in [0.3, 0.4) is 0 Å². The third-order valence-corrected chi connectivity index (χ3v) is 6.52. The number of carbonyl (C=O) groups excluding carboxylic acids is 1. The highest BCUT2D eigenvalue weighted by atomic mass is 35.5. The largest absolute Gasteiger partial charge is 0.464 e. The molecule has 1 aliphatic rings. The number of hydrogen-bond donors (Lipinski definition) is 1. The predicted molar refractivity (Wildman–Crippen MR) is 99.3 cm³/mol. The van der Waals surface area contributed by atoms with E-state index in [4.69, 9.17) is 16.3 Å². The molecule has 0 saturated carbocycles. The van der Waals surface area contributed by atoms with Gasteiger partial charge in [-0.05, 0) is 30.7 Å². The van der Waals surface area contributed by atoms with Gasteiger partial charge in [-0.2, -0.15) is 16.7 Å². The van der Waals surface area contributed by atoms with Crippen molar-refractivity contribution < 1.29 is 14.6 Å². The number of nitrogens with zero attached hydrogens (tertiary/aromatic N) is 4. The van der Waals surface area contributed by atoms with Crippen LogP contribution in [0.25, 0.3) is 11.2 Å². The molecule has 0 aliphatic carbocycles. The van der Waals surface area contributed by atoms with E-state index in [9.17, 15) is 9.90 Å². The van der Waals surface area contributed by atoms with Crippen LogP contribution >= 0.6 is 35.1 Å². The SMILES string of the molecule is CCCSc1nc(Cl)nc2c1ncn2C1(C(=O)OCC)CSCC1O. The van der Waals surface area contributed by atoms with E-state index in [0.717, 1.165) is 12.2 Å². The van der Waals surface area contributed by atoms with Gasteiger partial charge >= 0.3 is 5.97 Å². The first kappa shape index (κ1) is 18.8. The lowest BCUT2D eigenvalue weighted by Gasteiger charge is -2.30. The molecule has 0 amide bonds. The normalized spacial score (nSPS) is 23.3. The van der Waals surface area contributed by atoms with Crippen molar-refractivity contribution in [3.8, 4) is 0 Å². The number of aliphatic hydroxyl groups excluding tert-OH is 1. The van der Waals surface area contributed by atoms with Crippen molar-refractivity contribution in [2.24, 2.45) is 0 Å². The van der Waals surface area contributed by atoms with Gasteiger partial charge < -0.3 is 9.84 Å². The number of imidazole rings is 1. The van der Waals surface area contributed by atoms with Gasteiger partial charge in [0.1, 0.15) is 10.5 Å². The Hall–Kier alpha value is -1.03. The van der Waals surface area contributed by atoms with Crippen molar-refractivity contribution in [2.45, 2.75) is 36.9 Å². The first-order valence-electron chi connectivity index (χ1n) is 8.01. The van der Waals surface area contributed by atoms with Crippen molar-refractivity contribution in [1.82, 2.24) is 19.5 Å². The number of hydrogen-bond acceptors (Lipinski definition) is 8. The Bertz CT molecular complexity index is 787. The number of carbonyl (C=O) groups is 1. The molecule has 0 radical (unpaired) electrons. The van der Waals surface area contributed by atoms with E-state index in [1.54, 1.807) is 23.3 Å². The highest BCUT2D eigenvalue weighted by Crippen LogP contribution is 2.39. The molecule has 2 aromatic heterocycles. The standard InChI is InChI=1S/C15H19ClN4O3S2/c1-3-5-25-12-10-11(18-14(16)19-12)20(8-17-10)15(13(22)23-4-2)7-24-6-9(15)21/h8-9,21H,3-7H2,1-2H3. The van der Waals surface area contributed by atoms with E-state index < -0.39 is 17.6 Å². The summed E-state index contributed by atoms with van der Waals surface area (Å²) < 4.78 is 6.86. The number of aromatic nitrogens is 4. The van der Waals surface area contributed by atoms with Gasteiger partial charge in [0.2, 0.25) is 5.28 Å². The van der Waals surface area contributed by atoms with Crippen LogP contribution in [0.1, 0.15) is 20.3 Å². The minimum atomic E-state index is -1.25. The summed E-state index contributed by atoms with van der Waals surface area (Å²) in [5, 5.41) is 11.4. The summed E-state index contributed by atoms with van der Waals surface area (Å²) in [5.74, 6) is 1.22. The van der Waals surface area contributed by atoms with Crippen molar-refractivity contribution >= 4 is 52.3 Å². The summed E-state index contributed by atoms with van der Waals surface area (Å²) in [6.45, 7) is 4.05. The van der Waals surface area contributed by atoms with Gasteiger partial charge in [0.25, 0.3) is 0 Å².